The molecule has 0 radical (unpaired) electrons. The van der Waals surface area contributed by atoms with Crippen molar-refractivity contribution < 1.29 is 14.9 Å². The highest BCUT2D eigenvalue weighted by molar-refractivity contribution is 4.92. The monoisotopic (exact) mass is 340 g/mol. The van der Waals surface area contributed by atoms with Crippen LogP contribution in [0.5, 0.6) is 0 Å². The van der Waals surface area contributed by atoms with E-state index in [4.69, 9.17) is 14.9 Å². The smallest absolute Gasteiger partial charge is 0.100 e. The molecule has 3 heteroatoms. The van der Waals surface area contributed by atoms with Gasteiger partial charge in [-0.15, -0.1) is 0 Å². The Morgan fingerprint density at radius 1 is 0.792 bits per heavy atom. The molecule has 0 spiro atoms. The highest BCUT2D eigenvalue weighted by Crippen LogP contribution is 2.08. The summed E-state index contributed by atoms with van der Waals surface area (Å²) in [5.74, 6) is 0. The van der Waals surface area contributed by atoms with Crippen molar-refractivity contribution in [3.05, 3.63) is 24.3 Å². The number of aliphatic hydroxyl groups excluding tert-OH is 2. The minimum absolute atomic E-state index is 0.219. The van der Waals surface area contributed by atoms with Crippen LogP contribution in [0.15, 0.2) is 24.3 Å². The SMILES string of the molecule is CCCCC/C=C\C/C=C\CCCCCCCCOCC(O)CO. The van der Waals surface area contributed by atoms with E-state index in [1.54, 1.807) is 0 Å². The van der Waals surface area contributed by atoms with Gasteiger partial charge in [0.2, 0.25) is 0 Å². The molecule has 0 aromatic rings. The lowest BCUT2D eigenvalue weighted by Gasteiger charge is -2.07. The van der Waals surface area contributed by atoms with Crippen molar-refractivity contribution in [2.45, 2.75) is 90.1 Å². The van der Waals surface area contributed by atoms with Gasteiger partial charge in [-0.1, -0.05) is 69.8 Å². The van der Waals surface area contributed by atoms with Gasteiger partial charge < -0.3 is 14.9 Å². The quantitative estimate of drug-likeness (QED) is 0.267. The summed E-state index contributed by atoms with van der Waals surface area (Å²) in [7, 11) is 0. The van der Waals surface area contributed by atoms with Crippen molar-refractivity contribution in [1.82, 2.24) is 0 Å². The molecule has 142 valence electrons. The maximum Gasteiger partial charge on any atom is 0.100 e. The van der Waals surface area contributed by atoms with Crippen LogP contribution in [0.3, 0.4) is 0 Å². The van der Waals surface area contributed by atoms with E-state index in [9.17, 15) is 0 Å². The van der Waals surface area contributed by atoms with E-state index in [-0.39, 0.29) is 13.2 Å². The largest absolute Gasteiger partial charge is 0.394 e. The van der Waals surface area contributed by atoms with Crippen LogP contribution in [0.1, 0.15) is 84.0 Å². The number of hydrogen-bond acceptors (Lipinski definition) is 3. The molecule has 0 heterocycles. The Morgan fingerprint density at radius 3 is 2.00 bits per heavy atom. The zero-order valence-electron chi connectivity index (χ0n) is 15.8. The highest BCUT2D eigenvalue weighted by atomic mass is 16.5. The number of allylic oxidation sites excluding steroid dienone is 4. The van der Waals surface area contributed by atoms with Crippen LogP contribution in [0.25, 0.3) is 0 Å². The van der Waals surface area contributed by atoms with Gasteiger partial charge in [0.15, 0.2) is 0 Å². The summed E-state index contributed by atoms with van der Waals surface area (Å²) in [5, 5.41) is 17.7. The molecule has 0 aromatic heterocycles. The summed E-state index contributed by atoms with van der Waals surface area (Å²) in [6, 6.07) is 0. The lowest BCUT2D eigenvalue weighted by molar-refractivity contribution is 0.00526. The van der Waals surface area contributed by atoms with Crippen LogP contribution < -0.4 is 0 Å². The first-order chi connectivity index (χ1) is 11.8. The molecule has 2 N–H and O–H groups in total. The van der Waals surface area contributed by atoms with E-state index in [0.29, 0.717) is 6.61 Å². The fourth-order valence-electron chi connectivity index (χ4n) is 2.46. The van der Waals surface area contributed by atoms with E-state index in [2.05, 4.69) is 31.2 Å². The molecule has 0 saturated carbocycles. The summed E-state index contributed by atoms with van der Waals surface area (Å²) in [4.78, 5) is 0. The van der Waals surface area contributed by atoms with E-state index in [1.807, 2.05) is 0 Å². The maximum absolute atomic E-state index is 9.11. The molecule has 0 saturated heterocycles. The molecule has 0 aliphatic carbocycles. The molecule has 0 amide bonds. The van der Waals surface area contributed by atoms with E-state index >= 15 is 0 Å². The second-order valence-electron chi connectivity index (χ2n) is 6.50. The molecular formula is C21H40O3. The van der Waals surface area contributed by atoms with Crippen LogP contribution in [-0.2, 0) is 4.74 Å². The first-order valence-corrected chi connectivity index (χ1v) is 9.98. The van der Waals surface area contributed by atoms with Gasteiger partial charge in [-0.05, 0) is 38.5 Å². The van der Waals surface area contributed by atoms with Crippen molar-refractivity contribution in [2.75, 3.05) is 19.8 Å². The van der Waals surface area contributed by atoms with Crippen LogP contribution in [0, 0.1) is 0 Å². The van der Waals surface area contributed by atoms with Gasteiger partial charge in [-0.3, -0.25) is 0 Å². The zero-order valence-corrected chi connectivity index (χ0v) is 15.8. The summed E-state index contributed by atoms with van der Waals surface area (Å²) in [6.07, 6.45) is 23.3. The Labute approximate surface area is 149 Å². The van der Waals surface area contributed by atoms with E-state index in [1.165, 1.54) is 64.2 Å². The Balaban J connectivity index is 3.15. The fraction of sp³-hybridized carbons (Fsp3) is 0.810. The lowest BCUT2D eigenvalue weighted by Crippen LogP contribution is -2.19. The van der Waals surface area contributed by atoms with E-state index < -0.39 is 6.10 Å². The predicted octanol–water partition coefficient (Wildman–Crippen LogP) is 5.17. The third-order valence-electron chi connectivity index (χ3n) is 4.01. The number of aliphatic hydroxyl groups is 2. The Morgan fingerprint density at radius 2 is 1.38 bits per heavy atom. The summed E-state index contributed by atoms with van der Waals surface area (Å²) in [6.45, 7) is 2.96. The molecule has 3 nitrogen and oxygen atoms in total. The molecule has 1 unspecified atom stereocenters. The Hall–Kier alpha value is -0.640. The number of unbranched alkanes of at least 4 members (excludes halogenated alkanes) is 9. The van der Waals surface area contributed by atoms with Gasteiger partial charge in [-0.2, -0.15) is 0 Å². The number of hydrogen-bond donors (Lipinski definition) is 2. The van der Waals surface area contributed by atoms with Gasteiger partial charge in [0.05, 0.1) is 13.2 Å². The number of ether oxygens (including phenoxy) is 1. The number of rotatable bonds is 18. The predicted molar refractivity (Wildman–Crippen MR) is 103 cm³/mol. The summed E-state index contributed by atoms with van der Waals surface area (Å²) < 4.78 is 5.28. The third kappa shape index (κ3) is 19.4. The lowest BCUT2D eigenvalue weighted by atomic mass is 10.1. The van der Waals surface area contributed by atoms with Gasteiger partial charge in [0.25, 0.3) is 0 Å². The zero-order chi connectivity index (χ0) is 17.7. The summed E-state index contributed by atoms with van der Waals surface area (Å²) in [5.41, 5.74) is 0. The minimum atomic E-state index is -0.727. The first-order valence-electron chi connectivity index (χ1n) is 9.98. The topological polar surface area (TPSA) is 49.7 Å². The average Bonchev–Trinajstić information content (AvgIpc) is 2.60. The molecule has 1 atom stereocenters. The van der Waals surface area contributed by atoms with Crippen LogP contribution >= 0.6 is 0 Å². The molecule has 24 heavy (non-hydrogen) atoms. The van der Waals surface area contributed by atoms with Gasteiger partial charge in [0, 0.05) is 6.61 Å². The third-order valence-corrected chi connectivity index (χ3v) is 4.01. The van der Waals surface area contributed by atoms with Crippen molar-refractivity contribution in [3.8, 4) is 0 Å². The van der Waals surface area contributed by atoms with Crippen LogP contribution in [0.4, 0.5) is 0 Å². The van der Waals surface area contributed by atoms with Crippen LogP contribution in [0.2, 0.25) is 0 Å². The molecule has 0 aromatic carbocycles. The Bertz CT molecular complexity index is 287. The van der Waals surface area contributed by atoms with Crippen molar-refractivity contribution >= 4 is 0 Å². The molecule has 0 bridgehead atoms. The molecule has 0 rings (SSSR count). The van der Waals surface area contributed by atoms with Crippen molar-refractivity contribution in [2.24, 2.45) is 0 Å². The summed E-state index contributed by atoms with van der Waals surface area (Å²) >= 11 is 0. The fourth-order valence-corrected chi connectivity index (χ4v) is 2.46. The van der Waals surface area contributed by atoms with Gasteiger partial charge >= 0.3 is 0 Å². The standard InChI is InChI=1S/C21H40O3/c1-2-3-4-5-6-7-8-9-10-11-12-13-14-15-16-17-18-24-20-21(23)19-22/h6-7,9-10,21-23H,2-5,8,11-20H2,1H3/b7-6-,10-9-. The Kier molecular flexibility index (Phi) is 19.9. The van der Waals surface area contributed by atoms with E-state index in [0.717, 1.165) is 12.8 Å². The van der Waals surface area contributed by atoms with Crippen molar-refractivity contribution in [3.63, 3.8) is 0 Å². The molecular weight excluding hydrogens is 300 g/mol. The minimum Gasteiger partial charge on any atom is -0.394 e. The van der Waals surface area contributed by atoms with Gasteiger partial charge in [-0.25, -0.2) is 0 Å². The average molecular weight is 341 g/mol. The van der Waals surface area contributed by atoms with Crippen molar-refractivity contribution in [1.29, 1.82) is 0 Å². The maximum atomic E-state index is 9.11. The normalized spacial score (nSPS) is 13.3. The van der Waals surface area contributed by atoms with Gasteiger partial charge in [0.1, 0.15) is 6.10 Å². The molecule has 0 fully saturated rings. The van der Waals surface area contributed by atoms with Crippen LogP contribution in [-0.4, -0.2) is 36.1 Å². The molecule has 0 aliphatic heterocycles. The first kappa shape index (κ1) is 23.4. The highest BCUT2D eigenvalue weighted by Gasteiger charge is 2.00. The molecule has 0 aliphatic rings. The second kappa shape index (κ2) is 20.4. The second-order valence-corrected chi connectivity index (χ2v) is 6.50.